The van der Waals surface area contributed by atoms with E-state index in [2.05, 4.69) is 43.6 Å². The van der Waals surface area contributed by atoms with Crippen LogP contribution in [0, 0.1) is 15.2 Å². The van der Waals surface area contributed by atoms with E-state index in [1.165, 1.54) is 24.3 Å². The Balaban J connectivity index is 1.34. The number of rotatable bonds is 15. The number of ether oxygens (including phenoxy) is 1. The summed E-state index contributed by atoms with van der Waals surface area (Å²) in [6.45, 7) is 0. The Labute approximate surface area is 277 Å². The van der Waals surface area contributed by atoms with Gasteiger partial charge >= 0.3 is 5.97 Å². The Morgan fingerprint density at radius 1 is 1.04 bits per heavy atom. The van der Waals surface area contributed by atoms with Crippen LogP contribution in [0.25, 0.3) is 22.3 Å². The van der Waals surface area contributed by atoms with E-state index in [1.54, 1.807) is 18.5 Å². The van der Waals surface area contributed by atoms with E-state index in [1.807, 2.05) is 18.2 Å². The number of aldehydes is 1. The molecule has 0 spiro atoms. The van der Waals surface area contributed by atoms with Gasteiger partial charge in [-0.25, -0.2) is 22.2 Å². The first-order valence-electron chi connectivity index (χ1n) is 14.5. The number of halogens is 3. The molecule has 9 nitrogen and oxygen atoms in total. The minimum atomic E-state index is -3.62. The Hall–Kier alpha value is -4.11. The third-order valence-corrected chi connectivity index (χ3v) is 9.86. The maximum atomic E-state index is 15.1. The van der Waals surface area contributed by atoms with Crippen molar-refractivity contribution in [3.63, 3.8) is 0 Å². The number of carboxylic acids is 1. The number of carbonyl (C=O) groups excluding carboxylic acids is 1. The van der Waals surface area contributed by atoms with Gasteiger partial charge in [0, 0.05) is 44.5 Å². The number of aromatic amines is 2. The summed E-state index contributed by atoms with van der Waals surface area (Å²) in [5, 5.41) is 9.26. The first-order valence-corrected chi connectivity index (χ1v) is 17.4. The van der Waals surface area contributed by atoms with Crippen LogP contribution in [0.4, 0.5) is 8.78 Å². The predicted octanol–water partition coefficient (Wildman–Crippen LogP) is 7.63. The standard InChI is InChI=1S/C33H30F2IN3O6S/c34-27-10-9-22(45-32-26(18-40)24-11-12-37-29(24)16-28(32)35)15-25(27)33-38-17-30(39-33)23(20-6-5-7-21(36)14-20)8-3-1-2-4-13-46(43,44)19-31(41)42/h5-7,9-12,14-18,23,37H,1-4,8,13,19H2,(H,38,39)(H,41,42). The molecule has 3 aromatic carbocycles. The summed E-state index contributed by atoms with van der Waals surface area (Å²) >= 11 is 2.23. The summed E-state index contributed by atoms with van der Waals surface area (Å²) in [4.78, 5) is 33.2. The number of carbonyl (C=O) groups is 2. The van der Waals surface area contributed by atoms with Crippen molar-refractivity contribution in [3.05, 3.63) is 99.0 Å². The monoisotopic (exact) mass is 761 g/mol. The molecule has 0 amide bonds. The Morgan fingerprint density at radius 3 is 2.61 bits per heavy atom. The van der Waals surface area contributed by atoms with Crippen molar-refractivity contribution >= 4 is 55.6 Å². The van der Waals surface area contributed by atoms with Crippen molar-refractivity contribution in [2.75, 3.05) is 11.5 Å². The number of benzene rings is 3. The summed E-state index contributed by atoms with van der Waals surface area (Å²) in [5.41, 5.74) is 2.36. The third kappa shape index (κ3) is 7.99. The fourth-order valence-electron chi connectivity index (χ4n) is 5.43. The van der Waals surface area contributed by atoms with Crippen molar-refractivity contribution in [2.45, 2.75) is 38.0 Å². The van der Waals surface area contributed by atoms with Crippen LogP contribution in [0.15, 0.2) is 67.0 Å². The number of H-pyrrole nitrogens is 2. The number of sulfone groups is 1. The molecule has 13 heteroatoms. The second-order valence-electron chi connectivity index (χ2n) is 10.9. The van der Waals surface area contributed by atoms with Crippen LogP contribution in [0.5, 0.6) is 11.5 Å². The quantitative estimate of drug-likeness (QED) is 0.0566. The van der Waals surface area contributed by atoms with Gasteiger partial charge in [-0.15, -0.1) is 0 Å². The third-order valence-electron chi connectivity index (χ3n) is 7.60. The zero-order valence-corrected chi connectivity index (χ0v) is 27.4. The molecule has 0 bridgehead atoms. The number of carboxylic acid groups (broad SMARTS) is 1. The summed E-state index contributed by atoms with van der Waals surface area (Å²) in [6.07, 6.45) is 6.97. The number of nitrogens with one attached hydrogen (secondary N) is 2. The fraction of sp³-hybridized carbons (Fsp3) is 0.242. The maximum Gasteiger partial charge on any atom is 0.318 e. The molecule has 0 saturated carbocycles. The highest BCUT2D eigenvalue weighted by Crippen LogP contribution is 2.36. The number of fused-ring (bicyclic) bond motifs is 1. The van der Waals surface area contributed by atoms with Crippen LogP contribution in [-0.2, 0) is 14.6 Å². The molecule has 0 fully saturated rings. The van der Waals surface area contributed by atoms with Gasteiger partial charge in [0.15, 0.2) is 27.7 Å². The molecule has 3 N–H and O–H groups in total. The van der Waals surface area contributed by atoms with Crippen molar-refractivity contribution in [2.24, 2.45) is 0 Å². The smallest absolute Gasteiger partial charge is 0.318 e. The lowest BCUT2D eigenvalue weighted by Crippen LogP contribution is -2.18. The average Bonchev–Trinajstić information content (AvgIpc) is 3.67. The largest absolute Gasteiger partial charge is 0.480 e. The first-order chi connectivity index (χ1) is 22.0. The molecule has 46 heavy (non-hydrogen) atoms. The van der Waals surface area contributed by atoms with Crippen molar-refractivity contribution < 1.29 is 36.6 Å². The molecule has 1 atom stereocenters. The van der Waals surface area contributed by atoms with Crippen molar-refractivity contribution in [1.29, 1.82) is 0 Å². The number of hydrogen-bond acceptors (Lipinski definition) is 6. The summed E-state index contributed by atoms with van der Waals surface area (Å²) < 4.78 is 60.6. The van der Waals surface area contributed by atoms with Crippen LogP contribution >= 0.6 is 22.6 Å². The molecule has 0 saturated heterocycles. The van der Waals surface area contributed by atoms with Gasteiger partial charge in [-0.1, -0.05) is 31.4 Å². The van der Waals surface area contributed by atoms with Crippen molar-refractivity contribution in [1.82, 2.24) is 15.0 Å². The topological polar surface area (TPSA) is 142 Å². The van der Waals surface area contributed by atoms with Gasteiger partial charge in [0.1, 0.15) is 23.1 Å². The maximum absolute atomic E-state index is 15.1. The molecule has 0 radical (unpaired) electrons. The van der Waals surface area contributed by atoms with Crippen LogP contribution in [0.1, 0.15) is 59.6 Å². The van der Waals surface area contributed by atoms with Gasteiger partial charge in [0.25, 0.3) is 0 Å². The molecule has 240 valence electrons. The van der Waals surface area contributed by atoms with Crippen molar-refractivity contribution in [3.8, 4) is 22.9 Å². The zero-order chi connectivity index (χ0) is 32.8. The predicted molar refractivity (Wildman–Crippen MR) is 178 cm³/mol. The van der Waals surface area contributed by atoms with Gasteiger partial charge in [-0.05, 0) is 77.4 Å². The number of hydrogen-bond donors (Lipinski definition) is 3. The number of nitrogens with zero attached hydrogens (tertiary/aromatic N) is 1. The van der Waals surface area contributed by atoms with Crippen LogP contribution in [0.3, 0.4) is 0 Å². The van der Waals surface area contributed by atoms with E-state index >= 15 is 4.39 Å². The molecule has 0 aliphatic heterocycles. The Kier molecular flexibility index (Phi) is 10.5. The van der Waals surface area contributed by atoms with E-state index < -0.39 is 33.2 Å². The van der Waals surface area contributed by atoms with E-state index in [-0.39, 0.29) is 40.1 Å². The molecule has 5 rings (SSSR count). The molecule has 5 aromatic rings. The summed E-state index contributed by atoms with van der Waals surface area (Å²) in [6, 6.07) is 14.8. The summed E-state index contributed by atoms with van der Waals surface area (Å²) in [7, 11) is -3.62. The normalized spacial score (nSPS) is 12.3. The molecule has 2 aromatic heterocycles. The lowest BCUT2D eigenvalue weighted by Gasteiger charge is -2.16. The Morgan fingerprint density at radius 2 is 1.85 bits per heavy atom. The van der Waals surface area contributed by atoms with Gasteiger partial charge in [0.2, 0.25) is 0 Å². The van der Waals surface area contributed by atoms with Gasteiger partial charge in [-0.2, -0.15) is 0 Å². The Bertz CT molecular complexity index is 1990. The van der Waals surface area contributed by atoms with E-state index in [9.17, 15) is 22.4 Å². The molecule has 2 heterocycles. The minimum Gasteiger partial charge on any atom is -0.480 e. The second kappa shape index (κ2) is 14.5. The number of aliphatic carboxylic acids is 1. The van der Waals surface area contributed by atoms with E-state index in [0.29, 0.717) is 36.5 Å². The summed E-state index contributed by atoms with van der Waals surface area (Å²) in [5.74, 6) is -3.72. The molecule has 0 aliphatic carbocycles. The average molecular weight is 762 g/mol. The number of aromatic nitrogens is 3. The second-order valence-corrected chi connectivity index (χ2v) is 14.3. The van der Waals surface area contributed by atoms with Gasteiger partial charge in [-0.3, -0.25) is 9.59 Å². The van der Waals surface area contributed by atoms with Gasteiger partial charge in [0.05, 0.1) is 16.9 Å². The van der Waals surface area contributed by atoms with E-state index in [0.717, 1.165) is 27.7 Å². The fourth-order valence-corrected chi connectivity index (χ4v) is 7.16. The molecule has 0 aliphatic rings. The molecule has 1 unspecified atom stereocenters. The van der Waals surface area contributed by atoms with Crippen LogP contribution in [-0.4, -0.2) is 52.2 Å². The highest BCUT2D eigenvalue weighted by molar-refractivity contribution is 14.1. The molecular weight excluding hydrogens is 731 g/mol. The van der Waals surface area contributed by atoms with Crippen LogP contribution in [0.2, 0.25) is 0 Å². The highest BCUT2D eigenvalue weighted by Gasteiger charge is 2.21. The minimum absolute atomic E-state index is 0.0321. The lowest BCUT2D eigenvalue weighted by atomic mass is 9.90. The number of unbranched alkanes of at least 4 members (excludes halogenated alkanes) is 3. The number of imidazole rings is 1. The SMILES string of the molecule is O=Cc1c(Oc2ccc(F)c(-c3ncc(C(CCCCCCS(=O)(=O)CC(=O)O)c4cccc(I)c4)[nH]3)c2)c(F)cc2[nH]ccc12. The van der Waals surface area contributed by atoms with Gasteiger partial charge < -0.3 is 19.8 Å². The highest BCUT2D eigenvalue weighted by atomic mass is 127. The lowest BCUT2D eigenvalue weighted by molar-refractivity contribution is -0.134. The zero-order valence-electron chi connectivity index (χ0n) is 24.4. The molecular formula is C33H30F2IN3O6S. The van der Waals surface area contributed by atoms with E-state index in [4.69, 9.17) is 9.84 Å². The van der Waals surface area contributed by atoms with Crippen LogP contribution < -0.4 is 4.74 Å². The first kappa shape index (κ1) is 33.3.